The highest BCUT2D eigenvalue weighted by Crippen LogP contribution is 2.46. The third-order valence-corrected chi connectivity index (χ3v) is 3.29. The van der Waals surface area contributed by atoms with Gasteiger partial charge in [0, 0.05) is 24.9 Å². The largest absolute Gasteiger partial charge is 0.319 e. The standard InChI is InChI=1S/C11H19N3O/c1-11(4-5-11)10(15)14-8-7-13-9(14)3-6-12-2/h12H,3-8H2,1-2H3. The lowest BCUT2D eigenvalue weighted by Crippen LogP contribution is -2.39. The van der Waals surface area contributed by atoms with E-state index < -0.39 is 0 Å². The molecule has 0 radical (unpaired) electrons. The van der Waals surface area contributed by atoms with E-state index >= 15 is 0 Å². The topological polar surface area (TPSA) is 44.7 Å². The van der Waals surface area contributed by atoms with Gasteiger partial charge in [-0.15, -0.1) is 0 Å². The maximum absolute atomic E-state index is 12.1. The Bertz CT molecular complexity index is 294. The predicted molar refractivity (Wildman–Crippen MR) is 59.9 cm³/mol. The number of nitrogens with one attached hydrogen (secondary N) is 1. The monoisotopic (exact) mass is 209 g/mol. The third kappa shape index (κ3) is 2.04. The molecule has 84 valence electrons. The molecule has 1 heterocycles. The predicted octanol–water partition coefficient (Wildman–Crippen LogP) is 0.637. The second kappa shape index (κ2) is 3.93. The van der Waals surface area contributed by atoms with Crippen LogP contribution in [0.4, 0.5) is 0 Å². The summed E-state index contributed by atoms with van der Waals surface area (Å²) in [5.74, 6) is 1.26. The Labute approximate surface area is 90.7 Å². The minimum atomic E-state index is -0.0647. The summed E-state index contributed by atoms with van der Waals surface area (Å²) in [4.78, 5) is 18.4. The quantitative estimate of drug-likeness (QED) is 0.738. The summed E-state index contributed by atoms with van der Waals surface area (Å²) < 4.78 is 0. The molecule has 2 rings (SSSR count). The summed E-state index contributed by atoms with van der Waals surface area (Å²) in [6.45, 7) is 4.51. The van der Waals surface area contributed by atoms with Crippen molar-refractivity contribution in [1.29, 1.82) is 0 Å². The molecule has 0 saturated heterocycles. The molecule has 0 spiro atoms. The van der Waals surface area contributed by atoms with Gasteiger partial charge in [0.2, 0.25) is 5.91 Å². The summed E-state index contributed by atoms with van der Waals surface area (Å²) >= 11 is 0. The van der Waals surface area contributed by atoms with Crippen molar-refractivity contribution in [2.75, 3.05) is 26.7 Å². The lowest BCUT2D eigenvalue weighted by Gasteiger charge is -2.21. The minimum Gasteiger partial charge on any atom is -0.319 e. The molecule has 4 nitrogen and oxygen atoms in total. The van der Waals surface area contributed by atoms with Crippen LogP contribution in [0.5, 0.6) is 0 Å². The van der Waals surface area contributed by atoms with E-state index in [2.05, 4.69) is 17.2 Å². The van der Waals surface area contributed by atoms with Crippen LogP contribution in [0.15, 0.2) is 4.99 Å². The fraction of sp³-hybridized carbons (Fsp3) is 0.818. The molecule has 0 bridgehead atoms. The number of hydrogen-bond acceptors (Lipinski definition) is 3. The van der Waals surface area contributed by atoms with Gasteiger partial charge in [-0.2, -0.15) is 0 Å². The van der Waals surface area contributed by atoms with Gasteiger partial charge in [0.05, 0.1) is 6.54 Å². The maximum Gasteiger partial charge on any atom is 0.233 e. The first-order valence-corrected chi connectivity index (χ1v) is 5.67. The van der Waals surface area contributed by atoms with Gasteiger partial charge in [0.1, 0.15) is 5.84 Å². The molecular weight excluding hydrogens is 190 g/mol. The third-order valence-electron chi connectivity index (χ3n) is 3.29. The summed E-state index contributed by atoms with van der Waals surface area (Å²) in [5, 5.41) is 3.09. The fourth-order valence-electron chi connectivity index (χ4n) is 1.89. The number of aliphatic imine (C=N–C) groups is 1. The zero-order valence-electron chi connectivity index (χ0n) is 9.55. The van der Waals surface area contributed by atoms with Crippen LogP contribution in [0.3, 0.4) is 0 Å². The Hall–Kier alpha value is -0.900. The molecule has 0 aromatic carbocycles. The van der Waals surface area contributed by atoms with Crippen molar-refractivity contribution >= 4 is 11.7 Å². The average molecular weight is 209 g/mol. The second-order valence-electron chi connectivity index (χ2n) is 4.67. The molecule has 2 aliphatic rings. The number of carbonyl (C=O) groups is 1. The smallest absolute Gasteiger partial charge is 0.233 e. The van der Waals surface area contributed by atoms with Crippen molar-refractivity contribution in [3.8, 4) is 0 Å². The van der Waals surface area contributed by atoms with Gasteiger partial charge in [-0.25, -0.2) is 0 Å². The highest BCUT2D eigenvalue weighted by molar-refractivity contribution is 6.02. The zero-order valence-corrected chi connectivity index (χ0v) is 9.55. The van der Waals surface area contributed by atoms with Gasteiger partial charge < -0.3 is 5.32 Å². The van der Waals surface area contributed by atoms with Crippen molar-refractivity contribution in [2.24, 2.45) is 10.4 Å². The van der Waals surface area contributed by atoms with E-state index in [0.717, 1.165) is 44.7 Å². The second-order valence-corrected chi connectivity index (χ2v) is 4.67. The number of carbonyl (C=O) groups excluding carboxylic acids is 1. The normalized spacial score (nSPS) is 22.8. The Balaban J connectivity index is 1.97. The van der Waals surface area contributed by atoms with Crippen molar-refractivity contribution in [1.82, 2.24) is 10.2 Å². The fourth-order valence-corrected chi connectivity index (χ4v) is 1.89. The van der Waals surface area contributed by atoms with Gasteiger partial charge in [-0.1, -0.05) is 6.92 Å². The molecule has 1 saturated carbocycles. The van der Waals surface area contributed by atoms with Crippen LogP contribution in [0.25, 0.3) is 0 Å². The maximum atomic E-state index is 12.1. The molecule has 1 amide bonds. The Morgan fingerprint density at radius 1 is 1.60 bits per heavy atom. The lowest BCUT2D eigenvalue weighted by atomic mass is 10.1. The SMILES string of the molecule is CNCCC1=NCCN1C(=O)C1(C)CC1. The van der Waals surface area contributed by atoms with Gasteiger partial charge >= 0.3 is 0 Å². The highest BCUT2D eigenvalue weighted by atomic mass is 16.2. The van der Waals surface area contributed by atoms with E-state index in [4.69, 9.17) is 0 Å². The summed E-state index contributed by atoms with van der Waals surface area (Å²) in [5.41, 5.74) is -0.0647. The summed E-state index contributed by atoms with van der Waals surface area (Å²) in [6, 6.07) is 0. The van der Waals surface area contributed by atoms with E-state index in [0.29, 0.717) is 0 Å². The highest BCUT2D eigenvalue weighted by Gasteiger charge is 2.48. The Morgan fingerprint density at radius 3 is 2.93 bits per heavy atom. The molecule has 15 heavy (non-hydrogen) atoms. The molecule has 4 heteroatoms. The van der Waals surface area contributed by atoms with Crippen LogP contribution in [-0.2, 0) is 4.79 Å². The van der Waals surface area contributed by atoms with Gasteiger partial charge in [0.25, 0.3) is 0 Å². The van der Waals surface area contributed by atoms with Gasteiger partial charge in [-0.3, -0.25) is 14.7 Å². The number of amides is 1. The number of amidine groups is 1. The first kappa shape index (κ1) is 10.6. The molecule has 1 N–H and O–H groups in total. The lowest BCUT2D eigenvalue weighted by molar-refractivity contribution is -0.132. The van der Waals surface area contributed by atoms with E-state index in [1.807, 2.05) is 11.9 Å². The van der Waals surface area contributed by atoms with Gasteiger partial charge in [0.15, 0.2) is 0 Å². The van der Waals surface area contributed by atoms with Crippen LogP contribution in [0, 0.1) is 5.41 Å². The van der Waals surface area contributed by atoms with Crippen LogP contribution in [0.1, 0.15) is 26.2 Å². The van der Waals surface area contributed by atoms with Crippen LogP contribution < -0.4 is 5.32 Å². The molecular formula is C11H19N3O. The zero-order chi connectivity index (χ0) is 10.9. The first-order chi connectivity index (χ1) is 7.17. The summed E-state index contributed by atoms with van der Waals surface area (Å²) in [6.07, 6.45) is 2.95. The van der Waals surface area contributed by atoms with E-state index in [1.165, 1.54) is 0 Å². The van der Waals surface area contributed by atoms with Gasteiger partial charge in [-0.05, 0) is 19.9 Å². The molecule has 1 fully saturated rings. The minimum absolute atomic E-state index is 0.0647. The van der Waals surface area contributed by atoms with Crippen molar-refractivity contribution < 1.29 is 4.79 Å². The number of nitrogens with zero attached hydrogens (tertiary/aromatic N) is 2. The Morgan fingerprint density at radius 2 is 2.33 bits per heavy atom. The number of rotatable bonds is 4. The van der Waals surface area contributed by atoms with E-state index in [1.54, 1.807) is 0 Å². The van der Waals surface area contributed by atoms with Crippen molar-refractivity contribution in [3.05, 3.63) is 0 Å². The number of hydrogen-bond donors (Lipinski definition) is 1. The first-order valence-electron chi connectivity index (χ1n) is 5.67. The Kier molecular flexibility index (Phi) is 2.78. The molecule has 0 aromatic heterocycles. The van der Waals surface area contributed by atoms with Crippen molar-refractivity contribution in [2.45, 2.75) is 26.2 Å². The molecule has 0 aromatic rings. The van der Waals surface area contributed by atoms with Crippen LogP contribution in [0.2, 0.25) is 0 Å². The van der Waals surface area contributed by atoms with Crippen molar-refractivity contribution in [3.63, 3.8) is 0 Å². The van der Waals surface area contributed by atoms with Crippen LogP contribution >= 0.6 is 0 Å². The summed E-state index contributed by atoms with van der Waals surface area (Å²) in [7, 11) is 1.92. The molecule has 1 aliphatic heterocycles. The van der Waals surface area contributed by atoms with Crippen LogP contribution in [-0.4, -0.2) is 43.3 Å². The molecule has 1 aliphatic carbocycles. The van der Waals surface area contributed by atoms with E-state index in [-0.39, 0.29) is 11.3 Å². The average Bonchev–Trinajstić information content (AvgIpc) is 2.83. The molecule has 0 unspecified atom stereocenters. The van der Waals surface area contributed by atoms with E-state index in [9.17, 15) is 4.79 Å². The molecule has 0 atom stereocenters.